The fourth-order valence-corrected chi connectivity index (χ4v) is 11.1. The zero-order valence-corrected chi connectivity index (χ0v) is 41.6. The van der Waals surface area contributed by atoms with Gasteiger partial charge in [0.05, 0.1) is 18.2 Å². The van der Waals surface area contributed by atoms with Crippen molar-refractivity contribution < 1.29 is 48.3 Å². The van der Waals surface area contributed by atoms with Gasteiger partial charge in [-0.25, -0.2) is 4.79 Å². The highest BCUT2D eigenvalue weighted by Crippen LogP contribution is 2.62. The molecule has 2 aliphatic heterocycles. The summed E-state index contributed by atoms with van der Waals surface area (Å²) >= 11 is 0. The maximum absolute atomic E-state index is 15.4. The van der Waals surface area contributed by atoms with Crippen LogP contribution in [0, 0.1) is 17.8 Å². The van der Waals surface area contributed by atoms with Crippen LogP contribution in [-0.2, 0) is 27.5 Å². The van der Waals surface area contributed by atoms with Crippen LogP contribution in [0.5, 0.6) is 23.0 Å². The summed E-state index contributed by atoms with van der Waals surface area (Å²) in [6.45, 7) is 9.51. The van der Waals surface area contributed by atoms with Crippen molar-refractivity contribution in [3.63, 3.8) is 0 Å². The van der Waals surface area contributed by atoms with E-state index in [1.54, 1.807) is 12.1 Å². The van der Waals surface area contributed by atoms with Crippen LogP contribution >= 0.6 is 0 Å². The summed E-state index contributed by atoms with van der Waals surface area (Å²) < 4.78 is 32.2. The molecule has 3 N–H and O–H groups in total. The van der Waals surface area contributed by atoms with Crippen LogP contribution in [0.3, 0.4) is 0 Å². The summed E-state index contributed by atoms with van der Waals surface area (Å²) in [5.74, 6) is 0.00517. The van der Waals surface area contributed by atoms with E-state index in [1.165, 1.54) is 32.1 Å². The zero-order chi connectivity index (χ0) is 49.1. The average Bonchev–Trinajstić information content (AvgIpc) is 3.84. The van der Waals surface area contributed by atoms with E-state index in [0.717, 1.165) is 73.6 Å². The van der Waals surface area contributed by atoms with Crippen LogP contribution in [0.15, 0.2) is 96.2 Å². The van der Waals surface area contributed by atoms with Gasteiger partial charge >= 0.3 is 6.09 Å². The fourth-order valence-electron chi connectivity index (χ4n) is 11.1. The van der Waals surface area contributed by atoms with Gasteiger partial charge in [0, 0.05) is 50.6 Å². The van der Waals surface area contributed by atoms with Crippen molar-refractivity contribution >= 4 is 17.7 Å². The number of hydrogen-bond acceptors (Lipinski definition) is 11. The van der Waals surface area contributed by atoms with Crippen LogP contribution < -0.4 is 24.3 Å². The van der Waals surface area contributed by atoms with E-state index in [4.69, 9.17) is 33.7 Å². The van der Waals surface area contributed by atoms with Gasteiger partial charge in [-0.3, -0.25) is 4.79 Å². The minimum absolute atomic E-state index is 0.00158. The van der Waals surface area contributed by atoms with E-state index in [-0.39, 0.29) is 69.8 Å². The second-order valence-corrected chi connectivity index (χ2v) is 19.2. The summed E-state index contributed by atoms with van der Waals surface area (Å²) in [6, 6.07) is 20.6. The smallest absolute Gasteiger partial charge is 0.412 e. The second kappa shape index (κ2) is 26.7. The van der Waals surface area contributed by atoms with Crippen molar-refractivity contribution in [2.45, 2.75) is 154 Å². The Morgan fingerprint density at radius 3 is 2.31 bits per heavy atom. The Labute approximate surface area is 415 Å². The van der Waals surface area contributed by atoms with Crippen molar-refractivity contribution in [3.05, 3.63) is 108 Å². The molecule has 2 aliphatic carbocycles. The quantitative estimate of drug-likeness (QED) is 0.0347. The van der Waals surface area contributed by atoms with Gasteiger partial charge in [0.25, 0.3) is 0 Å². The van der Waals surface area contributed by atoms with Gasteiger partial charge < -0.3 is 49.0 Å². The topological polar surface area (TPSA) is 158 Å². The Kier molecular flexibility index (Phi) is 20.0. The first-order chi connectivity index (χ1) is 34.3. The van der Waals surface area contributed by atoms with E-state index in [2.05, 4.69) is 24.9 Å². The number of oxime groups is 1. The lowest BCUT2D eigenvalue weighted by Gasteiger charge is -2.60. The van der Waals surface area contributed by atoms with Crippen molar-refractivity contribution in [1.29, 1.82) is 0 Å². The lowest BCUT2D eigenvalue weighted by atomic mass is 9.55. The zero-order valence-electron chi connectivity index (χ0n) is 41.6. The third kappa shape index (κ3) is 13.1. The third-order valence-corrected chi connectivity index (χ3v) is 14.4. The summed E-state index contributed by atoms with van der Waals surface area (Å²) in [5.41, 5.74) is 4.35. The molecule has 2 amide bonds. The van der Waals surface area contributed by atoms with E-state index >= 15 is 4.79 Å². The Hall–Kier alpha value is -5.37. The molecule has 13 heteroatoms. The number of unbranched alkanes of at least 4 members (excludes halogenated alkanes) is 10. The highest BCUT2D eigenvalue weighted by atomic mass is 16.7. The van der Waals surface area contributed by atoms with Crippen molar-refractivity contribution in [3.8, 4) is 23.0 Å². The van der Waals surface area contributed by atoms with Crippen LogP contribution in [0.1, 0.15) is 146 Å². The van der Waals surface area contributed by atoms with E-state index in [1.807, 2.05) is 72.5 Å². The molecule has 2 heterocycles. The summed E-state index contributed by atoms with van der Waals surface area (Å²) in [4.78, 5) is 36.6. The molecule has 3 aromatic rings. The van der Waals surface area contributed by atoms with Crippen molar-refractivity contribution in [2.24, 2.45) is 22.9 Å². The van der Waals surface area contributed by atoms with Crippen molar-refractivity contribution in [1.82, 2.24) is 10.2 Å². The van der Waals surface area contributed by atoms with E-state index < -0.39 is 23.8 Å². The van der Waals surface area contributed by atoms with Crippen LogP contribution in [0.4, 0.5) is 4.79 Å². The van der Waals surface area contributed by atoms with Gasteiger partial charge in [-0.15, -0.1) is 6.58 Å². The second-order valence-electron chi connectivity index (χ2n) is 19.2. The maximum atomic E-state index is 15.4. The predicted octanol–water partition coefficient (Wildman–Crippen LogP) is 11.3. The first-order valence-electron chi connectivity index (χ1n) is 26.2. The van der Waals surface area contributed by atoms with Gasteiger partial charge in [0.15, 0.2) is 11.5 Å². The molecule has 0 radical (unpaired) electrons. The average molecular weight is 964 g/mol. The Bertz CT molecular complexity index is 2210. The molecule has 13 nitrogen and oxygen atoms in total. The number of amides is 2. The van der Waals surface area contributed by atoms with Gasteiger partial charge in [0.1, 0.15) is 24.1 Å². The SMILES string of the molecule is C=CCOC12Oc3ccc(OC(=O)NCC)cc3C3C(CCCCO)C(CCCCO)C=C(C(=NOCc4ccccc4)CC1N(Cc1ccc4c(c1)OCO4)C(=O)CCCCCCCCCCC)C32. The first-order valence-corrected chi connectivity index (χ1v) is 26.2. The molecule has 0 saturated heterocycles. The lowest BCUT2D eigenvalue weighted by molar-refractivity contribution is -0.258. The molecule has 6 atom stereocenters. The number of allylic oxidation sites excluding steroid dienone is 1. The molecular weight excluding hydrogens is 887 g/mol. The molecule has 1 fully saturated rings. The van der Waals surface area contributed by atoms with Gasteiger partial charge in [-0.2, -0.15) is 0 Å². The number of fused-ring (bicyclic) bond motifs is 3. The Balaban J connectivity index is 1.38. The highest BCUT2D eigenvalue weighted by Gasteiger charge is 2.65. The van der Waals surface area contributed by atoms with E-state index in [9.17, 15) is 15.0 Å². The number of carbonyl (C=O) groups excluding carboxylic acids is 2. The molecule has 1 saturated carbocycles. The summed E-state index contributed by atoms with van der Waals surface area (Å²) in [6.07, 6.45) is 18.7. The first kappa shape index (κ1) is 52.5. The standard InChI is InChI=1S/C57H77N3O10/c1-4-7-8-9-10-11-12-13-17-26-53(63)60(38-42-27-29-50-51(34-42)66-40-65-50)52-37-48(59-68-39-41-22-15-14-16-23-41)46-35-43(24-18-20-31-61)45(25-19-21-32-62)54-47-36-44(69-56(64)58-6-3)28-30-49(47)70-57(52,55(46)54)67-33-5-2/h5,14-16,22-23,27-30,34-36,43,45,52,54-55,61-62H,2,4,6-13,17-21,24-26,31-33,37-40H2,1,3H3,(H,58,64). The largest absolute Gasteiger partial charge is 0.459 e. The number of nitrogens with zero attached hydrogens (tertiary/aromatic N) is 2. The maximum Gasteiger partial charge on any atom is 0.412 e. The molecule has 0 aromatic heterocycles. The Morgan fingerprint density at radius 1 is 0.843 bits per heavy atom. The number of ether oxygens (including phenoxy) is 5. The number of benzene rings is 3. The fraction of sp³-hybridized carbons (Fsp3) is 0.561. The molecule has 3 aromatic carbocycles. The normalized spacial score (nSPS) is 22.3. The monoisotopic (exact) mass is 964 g/mol. The van der Waals surface area contributed by atoms with Crippen LogP contribution in [0.2, 0.25) is 0 Å². The molecule has 6 unspecified atom stereocenters. The van der Waals surface area contributed by atoms with Crippen LogP contribution in [-0.4, -0.2) is 77.8 Å². The molecule has 380 valence electrons. The third-order valence-electron chi connectivity index (χ3n) is 14.4. The number of aliphatic hydroxyl groups is 2. The number of carbonyl (C=O) groups is 2. The molecule has 7 rings (SSSR count). The number of hydrogen-bond donors (Lipinski definition) is 3. The Morgan fingerprint density at radius 2 is 1.57 bits per heavy atom. The van der Waals surface area contributed by atoms with Gasteiger partial charge in [-0.1, -0.05) is 125 Å². The molecule has 4 aliphatic rings. The molecule has 0 spiro atoms. The van der Waals surface area contributed by atoms with E-state index in [0.29, 0.717) is 54.5 Å². The number of nitrogens with one attached hydrogen (secondary N) is 1. The van der Waals surface area contributed by atoms with Gasteiger partial charge in [-0.05, 0) is 97.9 Å². The van der Waals surface area contributed by atoms with Crippen molar-refractivity contribution in [2.75, 3.05) is 33.2 Å². The molecule has 70 heavy (non-hydrogen) atoms. The predicted molar refractivity (Wildman–Crippen MR) is 271 cm³/mol. The molecular formula is C57H77N3O10. The number of aliphatic hydroxyl groups excluding tert-OH is 2. The summed E-state index contributed by atoms with van der Waals surface area (Å²) in [5, 5.41) is 27.8. The lowest BCUT2D eigenvalue weighted by Crippen LogP contribution is -2.70. The minimum Gasteiger partial charge on any atom is -0.459 e. The summed E-state index contributed by atoms with van der Waals surface area (Å²) in [7, 11) is 0. The van der Waals surface area contributed by atoms with Gasteiger partial charge in [0.2, 0.25) is 18.5 Å². The highest BCUT2D eigenvalue weighted by molar-refractivity contribution is 6.03. The van der Waals surface area contributed by atoms with Crippen LogP contribution in [0.25, 0.3) is 0 Å². The number of rotatable bonds is 29. The molecule has 0 bridgehead atoms. The minimum atomic E-state index is -1.45.